The summed E-state index contributed by atoms with van der Waals surface area (Å²) in [6, 6.07) is 5.73. The number of hydrogen-bond acceptors (Lipinski definition) is 4. The molecular formula is C22H33BN2O2S. The molecule has 3 aliphatic rings. The first kappa shape index (κ1) is 21.3. The van der Waals surface area contributed by atoms with Crippen LogP contribution < -0.4 is 11.1 Å². The first-order valence-electron chi connectivity index (χ1n) is 10.6. The van der Waals surface area contributed by atoms with Crippen LogP contribution in [0.15, 0.2) is 29.9 Å². The Kier molecular flexibility index (Phi) is 7.92. The van der Waals surface area contributed by atoms with Crippen molar-refractivity contribution in [3.05, 3.63) is 46.6 Å². The van der Waals surface area contributed by atoms with E-state index in [1.807, 2.05) is 12.3 Å². The third-order valence-corrected chi connectivity index (χ3v) is 6.89. The lowest BCUT2D eigenvalue weighted by atomic mass is 9.39. The van der Waals surface area contributed by atoms with Crippen molar-refractivity contribution in [2.45, 2.75) is 57.2 Å². The second-order valence-electron chi connectivity index (χ2n) is 8.25. The Hall–Kier alpha value is -1.40. The van der Waals surface area contributed by atoms with E-state index in [9.17, 15) is 9.90 Å². The Morgan fingerprint density at radius 3 is 2.75 bits per heavy atom. The molecule has 0 radical (unpaired) electrons. The molecule has 1 aliphatic carbocycles. The number of allylic oxidation sites excluding steroid dienone is 1. The highest BCUT2D eigenvalue weighted by Crippen LogP contribution is 2.33. The molecule has 1 saturated carbocycles. The van der Waals surface area contributed by atoms with E-state index in [-0.39, 0.29) is 0 Å². The lowest BCUT2D eigenvalue weighted by Crippen LogP contribution is -2.43. The van der Waals surface area contributed by atoms with Crippen molar-refractivity contribution in [2.24, 2.45) is 11.7 Å². The molecule has 28 heavy (non-hydrogen) atoms. The highest BCUT2D eigenvalue weighted by atomic mass is 32.2. The second-order valence-corrected chi connectivity index (χ2v) is 9.24. The first-order chi connectivity index (χ1) is 13.6. The molecule has 6 heteroatoms. The molecule has 1 unspecified atom stereocenters. The molecule has 0 aromatic heterocycles. The van der Waals surface area contributed by atoms with Crippen LogP contribution in [0, 0.1) is 5.92 Å². The molecule has 4 N–H and O–H groups in total. The average Bonchev–Trinajstić information content (AvgIpc) is 3.08. The fourth-order valence-electron chi connectivity index (χ4n) is 4.86. The van der Waals surface area contributed by atoms with Crippen LogP contribution >= 0.6 is 11.8 Å². The molecule has 0 bridgehead atoms. The van der Waals surface area contributed by atoms with Crippen molar-refractivity contribution in [1.82, 2.24) is 5.32 Å². The number of fused-ring (bicyclic) bond motifs is 2. The third kappa shape index (κ3) is 5.35. The zero-order valence-electron chi connectivity index (χ0n) is 17.0. The summed E-state index contributed by atoms with van der Waals surface area (Å²) in [6.45, 7) is 1.27. The number of carbonyl (C=O) groups is 1. The predicted octanol–water partition coefficient (Wildman–Crippen LogP) is 3.73. The lowest BCUT2D eigenvalue weighted by molar-refractivity contribution is 0.0695. The van der Waals surface area contributed by atoms with Crippen molar-refractivity contribution in [3.8, 4) is 0 Å². The van der Waals surface area contributed by atoms with E-state index in [4.69, 9.17) is 5.73 Å². The Bertz CT molecular complexity index is 702. The van der Waals surface area contributed by atoms with Gasteiger partial charge in [-0.2, -0.15) is 11.8 Å². The van der Waals surface area contributed by atoms with E-state index in [2.05, 4.69) is 17.4 Å². The number of thioether (sulfide) groups is 1. The third-order valence-electron chi connectivity index (χ3n) is 6.24. The van der Waals surface area contributed by atoms with Crippen LogP contribution in [0.1, 0.15) is 60.0 Å². The van der Waals surface area contributed by atoms with Gasteiger partial charge in [-0.15, -0.1) is 0 Å². The van der Waals surface area contributed by atoms with Gasteiger partial charge in [0.2, 0.25) is 0 Å². The Morgan fingerprint density at radius 2 is 2.11 bits per heavy atom. The molecule has 0 amide bonds. The molecule has 1 aromatic carbocycles. The van der Waals surface area contributed by atoms with Gasteiger partial charge < -0.3 is 16.2 Å². The summed E-state index contributed by atoms with van der Waals surface area (Å²) in [6.07, 6.45) is 12.0. The normalized spacial score (nSPS) is 21.0. The van der Waals surface area contributed by atoms with Gasteiger partial charge >= 0.3 is 5.97 Å². The van der Waals surface area contributed by atoms with E-state index >= 15 is 0 Å². The van der Waals surface area contributed by atoms with Gasteiger partial charge in [-0.05, 0) is 54.2 Å². The van der Waals surface area contributed by atoms with E-state index in [0.29, 0.717) is 18.2 Å². The number of rotatable bonds is 5. The molecule has 1 atom stereocenters. The first-order valence-corrected chi connectivity index (χ1v) is 12.0. The number of benzene rings is 1. The molecule has 0 spiro atoms. The van der Waals surface area contributed by atoms with Gasteiger partial charge in [-0.1, -0.05) is 50.2 Å². The van der Waals surface area contributed by atoms with Gasteiger partial charge in [0.25, 0.3) is 0 Å². The smallest absolute Gasteiger partial charge is 0.335 e. The molecule has 152 valence electrons. The van der Waals surface area contributed by atoms with E-state index in [0.717, 1.165) is 36.5 Å². The minimum atomic E-state index is -0.794. The number of aromatic carboxylic acids is 1. The maximum absolute atomic E-state index is 11.5. The van der Waals surface area contributed by atoms with Crippen molar-refractivity contribution in [2.75, 3.05) is 18.6 Å². The Morgan fingerprint density at radius 1 is 1.32 bits per heavy atom. The van der Waals surface area contributed by atoms with Crippen LogP contribution in [-0.4, -0.2) is 42.3 Å². The molecule has 1 fully saturated rings. The molecular weight excluding hydrogens is 367 g/mol. The van der Waals surface area contributed by atoms with E-state index < -0.39 is 5.97 Å². The second kappa shape index (κ2) is 10.4. The van der Waals surface area contributed by atoms with Gasteiger partial charge in [-0.25, -0.2) is 4.79 Å². The van der Waals surface area contributed by atoms with Crippen molar-refractivity contribution in [1.29, 1.82) is 0 Å². The molecule has 0 saturated heterocycles. The largest absolute Gasteiger partial charge is 0.478 e. The van der Waals surface area contributed by atoms with Crippen LogP contribution in [0.25, 0.3) is 0 Å². The van der Waals surface area contributed by atoms with Crippen molar-refractivity contribution < 1.29 is 9.90 Å². The van der Waals surface area contributed by atoms with Gasteiger partial charge in [0, 0.05) is 18.2 Å². The van der Waals surface area contributed by atoms with Crippen LogP contribution in [0.5, 0.6) is 0 Å². The summed E-state index contributed by atoms with van der Waals surface area (Å²) in [7, 11) is 0. The molecule has 4 nitrogen and oxygen atoms in total. The standard InChI is InChI=1S/C19H24BNO2.C3H9NS/c22-19(23)16-8-4-7-14-10-18-20(12-17(14)16)11-15(21-18)9-13-5-2-1-3-6-13;1-5-3-2-4/h4,7-8,11,13,18,21H,1-3,5-6,9-10,12H2,(H,22,23);2-4H2,1H3. The van der Waals surface area contributed by atoms with Crippen molar-refractivity contribution in [3.63, 3.8) is 0 Å². The van der Waals surface area contributed by atoms with Crippen molar-refractivity contribution >= 4 is 24.4 Å². The quantitative estimate of drug-likeness (QED) is 0.657. The summed E-state index contributed by atoms with van der Waals surface area (Å²) in [5.74, 6) is 4.00. The summed E-state index contributed by atoms with van der Waals surface area (Å²) in [5.41, 5.74) is 9.29. The van der Waals surface area contributed by atoms with Gasteiger partial charge in [0.05, 0.1) is 5.56 Å². The van der Waals surface area contributed by atoms with E-state index in [1.165, 1.54) is 49.8 Å². The predicted molar refractivity (Wildman–Crippen MR) is 120 cm³/mol. The minimum absolute atomic E-state index is 0.460. The van der Waals surface area contributed by atoms with Gasteiger partial charge in [0.15, 0.2) is 6.71 Å². The number of nitrogens with one attached hydrogen (secondary N) is 1. The van der Waals surface area contributed by atoms with Gasteiger partial charge in [0.1, 0.15) is 0 Å². The fraction of sp³-hybridized carbons (Fsp3) is 0.591. The topological polar surface area (TPSA) is 75.4 Å². The van der Waals surface area contributed by atoms with Gasteiger partial charge in [-0.3, -0.25) is 0 Å². The fourth-order valence-corrected chi connectivity index (χ4v) is 5.09. The summed E-state index contributed by atoms with van der Waals surface area (Å²) in [4.78, 5) is 11.5. The molecule has 4 rings (SSSR count). The number of nitrogens with two attached hydrogens (primary N) is 1. The van der Waals surface area contributed by atoms with E-state index in [1.54, 1.807) is 17.8 Å². The zero-order valence-corrected chi connectivity index (χ0v) is 17.8. The minimum Gasteiger partial charge on any atom is -0.478 e. The van der Waals surface area contributed by atoms with Crippen LogP contribution in [0.3, 0.4) is 0 Å². The SMILES string of the molecule is CSCCN.O=C(O)c1cccc2c1CB1C=C(CC3CCCCC3)NC1C2. The maximum atomic E-state index is 11.5. The number of hydrogen-bond donors (Lipinski definition) is 3. The average molecular weight is 400 g/mol. The number of carboxylic acid groups (broad SMARTS) is 1. The Labute approximate surface area is 173 Å². The van der Waals surface area contributed by atoms with Crippen LogP contribution in [0.2, 0.25) is 0 Å². The van der Waals surface area contributed by atoms with Crippen LogP contribution in [0.4, 0.5) is 0 Å². The monoisotopic (exact) mass is 400 g/mol. The maximum Gasteiger partial charge on any atom is 0.335 e. The zero-order chi connectivity index (χ0) is 19.9. The number of carboxylic acids is 1. The molecule has 2 heterocycles. The lowest BCUT2D eigenvalue weighted by Gasteiger charge is -2.28. The highest BCUT2D eigenvalue weighted by Gasteiger charge is 2.36. The Balaban J connectivity index is 0.000000403. The highest BCUT2D eigenvalue weighted by molar-refractivity contribution is 7.98. The summed E-state index contributed by atoms with van der Waals surface area (Å²) < 4.78 is 0. The molecule has 1 aromatic rings. The van der Waals surface area contributed by atoms with Crippen LogP contribution in [-0.2, 0) is 12.7 Å². The summed E-state index contributed by atoms with van der Waals surface area (Å²) in [5, 5.41) is 13.2. The summed E-state index contributed by atoms with van der Waals surface area (Å²) >= 11 is 1.78. The molecule has 2 aliphatic heterocycles.